The molecule has 0 fully saturated rings. The second kappa shape index (κ2) is 6.65. The molecule has 0 aromatic rings. The lowest BCUT2D eigenvalue weighted by molar-refractivity contribution is -0.149. The fourth-order valence-corrected chi connectivity index (χ4v) is 2.43. The molecule has 10 heteroatoms. The summed E-state index contributed by atoms with van der Waals surface area (Å²) in [7, 11) is -5.28. The first-order valence-corrected chi connectivity index (χ1v) is 6.84. The number of carboxylic acids is 2. The summed E-state index contributed by atoms with van der Waals surface area (Å²) >= 11 is 0. The molecule has 110 valence electrons. The van der Waals surface area contributed by atoms with Gasteiger partial charge in [-0.15, -0.1) is 0 Å². The maximum Gasteiger partial charge on any atom is 0.343 e. The fraction of sp³-hybridized carbons (Fsp3) is 0.667. The lowest BCUT2D eigenvalue weighted by Gasteiger charge is -2.28. The molecule has 1 atom stereocenters. The van der Waals surface area contributed by atoms with Crippen molar-refractivity contribution in [2.75, 3.05) is 6.61 Å². The van der Waals surface area contributed by atoms with E-state index in [0.29, 0.717) is 0 Å². The largest absolute Gasteiger partial charge is 0.481 e. The number of carboxylic acid groups (broad SMARTS) is 2. The second-order valence-corrected chi connectivity index (χ2v) is 5.70. The lowest BCUT2D eigenvalue weighted by atomic mass is 9.98. The third-order valence-corrected chi connectivity index (χ3v) is 4.14. The number of ether oxygens (including phenoxy) is 1. The van der Waals surface area contributed by atoms with Crippen LogP contribution in [-0.4, -0.2) is 49.7 Å². The van der Waals surface area contributed by atoms with Crippen molar-refractivity contribution in [1.29, 1.82) is 0 Å². The predicted octanol–water partition coefficient (Wildman–Crippen LogP) is -0.194. The van der Waals surface area contributed by atoms with Crippen molar-refractivity contribution in [3.05, 3.63) is 0 Å². The van der Waals surface area contributed by atoms with E-state index in [4.69, 9.17) is 20.0 Å². The fourth-order valence-electron chi connectivity index (χ4n) is 1.44. The Morgan fingerprint density at radius 2 is 1.74 bits per heavy atom. The number of esters is 1. The Hall–Kier alpha value is -1.44. The van der Waals surface area contributed by atoms with Crippen LogP contribution in [-0.2, 0) is 23.7 Å². The molecule has 19 heavy (non-hydrogen) atoms. The molecule has 0 aliphatic heterocycles. The van der Waals surface area contributed by atoms with E-state index in [0.717, 1.165) is 0 Å². The molecule has 0 amide bonds. The van der Waals surface area contributed by atoms with E-state index < -0.39 is 49.9 Å². The second-order valence-electron chi connectivity index (χ2n) is 3.76. The van der Waals surface area contributed by atoms with Crippen LogP contribution in [0.2, 0.25) is 0 Å². The summed E-state index contributed by atoms with van der Waals surface area (Å²) in [6.07, 6.45) is -2.71. The van der Waals surface area contributed by atoms with Crippen LogP contribution in [0.25, 0.3) is 0 Å². The highest BCUT2D eigenvalue weighted by Gasteiger charge is 2.55. The molecule has 0 aliphatic rings. The number of rotatable bonds is 8. The molecular weight excluding hydrogens is 283 g/mol. The van der Waals surface area contributed by atoms with Crippen molar-refractivity contribution in [2.24, 2.45) is 0 Å². The Balaban J connectivity index is 5.25. The molecule has 0 aromatic heterocycles. The van der Waals surface area contributed by atoms with Gasteiger partial charge in [-0.1, -0.05) is 0 Å². The van der Waals surface area contributed by atoms with Crippen molar-refractivity contribution in [3.63, 3.8) is 0 Å². The van der Waals surface area contributed by atoms with Crippen LogP contribution < -0.4 is 0 Å². The average molecular weight is 298 g/mol. The number of carbonyl (C=O) groups is 3. The molecule has 1 unspecified atom stereocenters. The smallest absolute Gasteiger partial charge is 0.343 e. The van der Waals surface area contributed by atoms with Gasteiger partial charge < -0.3 is 24.7 Å². The van der Waals surface area contributed by atoms with Crippen molar-refractivity contribution >= 4 is 25.5 Å². The molecule has 0 bridgehead atoms. The van der Waals surface area contributed by atoms with Gasteiger partial charge in [-0.05, 0) is 13.3 Å². The molecule has 0 heterocycles. The van der Waals surface area contributed by atoms with Gasteiger partial charge in [0.05, 0.1) is 13.0 Å². The van der Waals surface area contributed by atoms with Crippen LogP contribution in [0.1, 0.15) is 26.2 Å². The Kier molecular flexibility index (Phi) is 6.14. The van der Waals surface area contributed by atoms with Gasteiger partial charge in [-0.3, -0.25) is 18.9 Å². The molecular formula is C9H15O9P. The predicted molar refractivity (Wildman–Crippen MR) is 60.5 cm³/mol. The Morgan fingerprint density at radius 1 is 1.21 bits per heavy atom. The van der Waals surface area contributed by atoms with Gasteiger partial charge in [0.15, 0.2) is 5.16 Å². The zero-order valence-corrected chi connectivity index (χ0v) is 11.0. The molecule has 4 N–H and O–H groups in total. The Labute approximate surface area is 108 Å². The van der Waals surface area contributed by atoms with Crippen molar-refractivity contribution in [3.8, 4) is 0 Å². The van der Waals surface area contributed by atoms with Crippen LogP contribution in [0.15, 0.2) is 0 Å². The standard InChI is InChI=1S/C9H15O9P/c1-2-18-7(12)3-4-9(8(13)14,5-6(10)11)19(15,16)17/h2-5H2,1H3,(H,10,11)(H,13,14)(H2,15,16,17). The van der Waals surface area contributed by atoms with Crippen LogP contribution >= 0.6 is 7.60 Å². The highest BCUT2D eigenvalue weighted by atomic mass is 31.2. The van der Waals surface area contributed by atoms with E-state index in [1.165, 1.54) is 6.92 Å². The Morgan fingerprint density at radius 3 is 2.05 bits per heavy atom. The summed E-state index contributed by atoms with van der Waals surface area (Å²) in [4.78, 5) is 51.0. The summed E-state index contributed by atoms with van der Waals surface area (Å²) in [5, 5.41) is 14.7. The quantitative estimate of drug-likeness (QED) is 0.351. The summed E-state index contributed by atoms with van der Waals surface area (Å²) in [5.41, 5.74) is 0. The van der Waals surface area contributed by atoms with Crippen LogP contribution in [0.4, 0.5) is 0 Å². The van der Waals surface area contributed by atoms with E-state index in [2.05, 4.69) is 4.74 Å². The highest BCUT2D eigenvalue weighted by Crippen LogP contribution is 2.55. The van der Waals surface area contributed by atoms with Gasteiger partial charge in [-0.25, -0.2) is 0 Å². The lowest BCUT2D eigenvalue weighted by Crippen LogP contribution is -2.41. The molecule has 0 saturated heterocycles. The highest BCUT2D eigenvalue weighted by molar-refractivity contribution is 7.54. The minimum absolute atomic E-state index is 0.0216. The summed E-state index contributed by atoms with van der Waals surface area (Å²) in [5.74, 6) is -4.51. The molecule has 0 aliphatic carbocycles. The first-order valence-electron chi connectivity index (χ1n) is 5.23. The molecule has 9 nitrogen and oxygen atoms in total. The third-order valence-electron chi connectivity index (χ3n) is 2.45. The van der Waals surface area contributed by atoms with Crippen LogP contribution in [0.5, 0.6) is 0 Å². The molecule has 0 spiro atoms. The maximum absolute atomic E-state index is 11.3. The average Bonchev–Trinajstić information content (AvgIpc) is 2.21. The number of aliphatic carboxylic acids is 2. The topological polar surface area (TPSA) is 158 Å². The van der Waals surface area contributed by atoms with E-state index in [1.807, 2.05) is 0 Å². The Bertz CT molecular complexity index is 412. The van der Waals surface area contributed by atoms with Gasteiger partial charge in [0.25, 0.3) is 0 Å². The maximum atomic E-state index is 11.3. The van der Waals surface area contributed by atoms with Gasteiger partial charge in [0.1, 0.15) is 0 Å². The van der Waals surface area contributed by atoms with Crippen molar-refractivity contribution < 1.29 is 43.7 Å². The summed E-state index contributed by atoms with van der Waals surface area (Å²) in [6.45, 7) is 1.52. The molecule has 0 rings (SSSR count). The minimum Gasteiger partial charge on any atom is -0.481 e. The zero-order valence-electron chi connectivity index (χ0n) is 10.1. The number of hydrogen-bond acceptors (Lipinski definition) is 5. The molecule has 0 aromatic carbocycles. The normalized spacial score (nSPS) is 14.5. The van der Waals surface area contributed by atoms with Crippen molar-refractivity contribution in [1.82, 2.24) is 0 Å². The first kappa shape index (κ1) is 17.6. The third kappa shape index (κ3) is 4.62. The monoisotopic (exact) mass is 298 g/mol. The van der Waals surface area contributed by atoms with E-state index in [1.54, 1.807) is 0 Å². The molecule has 0 radical (unpaired) electrons. The zero-order chi connectivity index (χ0) is 15.3. The number of hydrogen-bond donors (Lipinski definition) is 4. The number of carbonyl (C=O) groups excluding carboxylic acids is 1. The summed E-state index contributed by atoms with van der Waals surface area (Å²) in [6, 6.07) is 0. The van der Waals surface area contributed by atoms with Gasteiger partial charge in [0, 0.05) is 6.42 Å². The summed E-state index contributed by atoms with van der Waals surface area (Å²) < 4.78 is 15.8. The molecule has 0 saturated carbocycles. The van der Waals surface area contributed by atoms with E-state index in [9.17, 15) is 18.9 Å². The minimum atomic E-state index is -5.28. The van der Waals surface area contributed by atoms with Crippen LogP contribution in [0.3, 0.4) is 0 Å². The van der Waals surface area contributed by atoms with E-state index >= 15 is 0 Å². The SMILES string of the molecule is CCOC(=O)CCC(CC(=O)O)(C(=O)O)P(=O)(O)O. The van der Waals surface area contributed by atoms with Gasteiger partial charge in [-0.2, -0.15) is 0 Å². The van der Waals surface area contributed by atoms with Crippen molar-refractivity contribution in [2.45, 2.75) is 31.3 Å². The van der Waals surface area contributed by atoms with Gasteiger partial charge in [0.2, 0.25) is 0 Å². The van der Waals surface area contributed by atoms with Gasteiger partial charge >= 0.3 is 25.5 Å². The van der Waals surface area contributed by atoms with Crippen LogP contribution in [0, 0.1) is 0 Å². The first-order chi connectivity index (χ1) is 8.56. The van der Waals surface area contributed by atoms with E-state index in [-0.39, 0.29) is 6.61 Å².